The van der Waals surface area contributed by atoms with Gasteiger partial charge >= 0.3 is 6.09 Å². The molecule has 1 heterocycles. The Morgan fingerprint density at radius 2 is 1.91 bits per heavy atom. The second-order valence-electron chi connectivity index (χ2n) is 9.40. The third-order valence-electron chi connectivity index (χ3n) is 5.35. The van der Waals surface area contributed by atoms with E-state index in [0.29, 0.717) is 32.1 Å². The summed E-state index contributed by atoms with van der Waals surface area (Å²) in [6.07, 6.45) is 1.73. The molecule has 2 rings (SSSR count). The van der Waals surface area contributed by atoms with Crippen molar-refractivity contribution in [1.82, 2.24) is 16.0 Å². The van der Waals surface area contributed by atoms with Gasteiger partial charge in [-0.25, -0.2) is 4.79 Å². The molecule has 1 aliphatic rings. The predicted octanol–water partition coefficient (Wildman–Crippen LogP) is 2.36. The lowest BCUT2D eigenvalue weighted by Crippen LogP contribution is -2.52. The zero-order chi connectivity index (χ0) is 23.7. The van der Waals surface area contributed by atoms with E-state index >= 15 is 0 Å². The quantitative estimate of drug-likeness (QED) is 0.453. The molecule has 3 N–H and O–H groups in total. The third-order valence-corrected chi connectivity index (χ3v) is 5.35. The first-order chi connectivity index (χ1) is 15.1. The molecular formula is C24H35N3O5. The summed E-state index contributed by atoms with van der Waals surface area (Å²) in [6.45, 7) is 8.07. The summed E-state index contributed by atoms with van der Waals surface area (Å²) < 4.78 is 5.60. The summed E-state index contributed by atoms with van der Waals surface area (Å²) >= 11 is 0. The number of hydrogen-bond acceptors (Lipinski definition) is 5. The zero-order valence-electron chi connectivity index (χ0n) is 19.4. The van der Waals surface area contributed by atoms with Gasteiger partial charge in [0, 0.05) is 18.9 Å². The maximum absolute atomic E-state index is 12.9. The Morgan fingerprint density at radius 1 is 1.22 bits per heavy atom. The zero-order valence-corrected chi connectivity index (χ0v) is 19.4. The van der Waals surface area contributed by atoms with Crippen molar-refractivity contribution in [3.63, 3.8) is 0 Å². The summed E-state index contributed by atoms with van der Waals surface area (Å²) in [5, 5.41) is 8.05. The second-order valence-corrected chi connectivity index (χ2v) is 9.40. The van der Waals surface area contributed by atoms with E-state index in [1.165, 1.54) is 0 Å². The van der Waals surface area contributed by atoms with Gasteiger partial charge in [0.2, 0.25) is 11.8 Å². The fraction of sp³-hybridized carbons (Fsp3) is 0.583. The van der Waals surface area contributed by atoms with Gasteiger partial charge in [-0.1, -0.05) is 44.2 Å². The molecule has 3 amide bonds. The Kier molecular flexibility index (Phi) is 9.23. The smallest absolute Gasteiger partial charge is 0.408 e. The number of hydrogen-bond donors (Lipinski definition) is 3. The summed E-state index contributed by atoms with van der Waals surface area (Å²) in [4.78, 5) is 48.7. The van der Waals surface area contributed by atoms with Crippen molar-refractivity contribution in [2.75, 3.05) is 6.54 Å². The van der Waals surface area contributed by atoms with Crippen molar-refractivity contribution in [2.24, 2.45) is 11.8 Å². The van der Waals surface area contributed by atoms with Crippen LogP contribution in [-0.2, 0) is 25.5 Å². The van der Waals surface area contributed by atoms with Crippen molar-refractivity contribution in [3.05, 3.63) is 35.9 Å². The number of alkyl carbamates (subject to hydrolysis) is 1. The molecule has 1 aliphatic heterocycles. The lowest BCUT2D eigenvalue weighted by Gasteiger charge is -2.28. The monoisotopic (exact) mass is 445 g/mol. The fourth-order valence-electron chi connectivity index (χ4n) is 3.86. The first kappa shape index (κ1) is 25.4. The molecule has 1 fully saturated rings. The van der Waals surface area contributed by atoms with Crippen LogP contribution in [0.1, 0.15) is 52.5 Å². The summed E-state index contributed by atoms with van der Waals surface area (Å²) in [7, 11) is 0. The lowest BCUT2D eigenvalue weighted by molar-refractivity contribution is -0.127. The number of aldehydes is 1. The highest BCUT2D eigenvalue weighted by Gasteiger charge is 2.31. The number of rotatable bonds is 11. The number of carbonyl (C=O) groups is 4. The van der Waals surface area contributed by atoms with E-state index < -0.39 is 29.7 Å². The second kappa shape index (κ2) is 11.6. The fourth-order valence-corrected chi connectivity index (χ4v) is 3.86. The lowest BCUT2D eigenvalue weighted by atomic mass is 9.98. The number of amides is 3. The minimum Gasteiger partial charge on any atom is -0.443 e. The first-order valence-corrected chi connectivity index (χ1v) is 11.2. The molecule has 176 valence electrons. The molecule has 0 bridgehead atoms. The van der Waals surface area contributed by atoms with E-state index in [4.69, 9.17) is 4.74 Å². The summed E-state index contributed by atoms with van der Waals surface area (Å²) in [5.74, 6) is -0.747. The predicted molar refractivity (Wildman–Crippen MR) is 121 cm³/mol. The molecule has 1 aromatic carbocycles. The van der Waals surface area contributed by atoms with Crippen LogP contribution in [0, 0.1) is 11.8 Å². The van der Waals surface area contributed by atoms with Crippen LogP contribution in [0.15, 0.2) is 30.3 Å². The molecule has 0 spiro atoms. The van der Waals surface area contributed by atoms with Crippen molar-refractivity contribution < 1.29 is 23.9 Å². The van der Waals surface area contributed by atoms with Crippen molar-refractivity contribution in [1.29, 1.82) is 0 Å². The number of benzene rings is 1. The largest absolute Gasteiger partial charge is 0.443 e. The van der Waals surface area contributed by atoms with Crippen LogP contribution in [0.3, 0.4) is 0 Å². The first-order valence-electron chi connectivity index (χ1n) is 11.2. The van der Waals surface area contributed by atoms with E-state index in [1.54, 1.807) is 0 Å². The molecule has 3 atom stereocenters. The molecule has 32 heavy (non-hydrogen) atoms. The standard InChI is InChI=1S/C24H35N3O5/c1-16(2)12-20(22(30)26-19(15-28)13-18-10-11-25-21(18)29)27-23(31)32-24(3,4)14-17-8-6-5-7-9-17/h5-9,15-16,18-20H,10-14H2,1-4H3,(H,25,29)(H,26,30)(H,27,31). The Morgan fingerprint density at radius 3 is 2.47 bits per heavy atom. The van der Waals surface area contributed by atoms with E-state index in [9.17, 15) is 19.2 Å². The Balaban J connectivity index is 1.96. The molecule has 8 heteroatoms. The minimum atomic E-state index is -0.852. The third kappa shape index (κ3) is 8.32. The van der Waals surface area contributed by atoms with E-state index in [1.807, 2.05) is 58.0 Å². The number of nitrogens with one attached hydrogen (secondary N) is 3. The van der Waals surface area contributed by atoms with Gasteiger partial charge in [-0.15, -0.1) is 0 Å². The van der Waals surface area contributed by atoms with E-state index in [-0.39, 0.29) is 24.2 Å². The Labute approximate surface area is 189 Å². The molecule has 8 nitrogen and oxygen atoms in total. The van der Waals surface area contributed by atoms with Gasteiger partial charge in [0.05, 0.1) is 6.04 Å². The number of ether oxygens (including phenoxy) is 1. The van der Waals surface area contributed by atoms with Gasteiger partial charge in [0.25, 0.3) is 0 Å². The summed E-state index contributed by atoms with van der Waals surface area (Å²) in [5.41, 5.74) is 0.261. The Hall–Kier alpha value is -2.90. The highest BCUT2D eigenvalue weighted by Crippen LogP contribution is 2.18. The molecule has 1 aromatic rings. The van der Waals surface area contributed by atoms with Gasteiger partial charge in [-0.2, -0.15) is 0 Å². The average molecular weight is 446 g/mol. The highest BCUT2D eigenvalue weighted by atomic mass is 16.6. The Bertz CT molecular complexity index is 794. The van der Waals surface area contributed by atoms with Crippen LogP contribution in [-0.4, -0.2) is 48.4 Å². The van der Waals surface area contributed by atoms with Crippen LogP contribution < -0.4 is 16.0 Å². The highest BCUT2D eigenvalue weighted by molar-refractivity contribution is 5.88. The van der Waals surface area contributed by atoms with Crippen molar-refractivity contribution in [3.8, 4) is 0 Å². The topological polar surface area (TPSA) is 114 Å². The van der Waals surface area contributed by atoms with Gasteiger partial charge in [-0.3, -0.25) is 9.59 Å². The molecule has 0 radical (unpaired) electrons. The molecule has 0 aliphatic carbocycles. The molecule has 3 unspecified atom stereocenters. The van der Waals surface area contributed by atoms with E-state index in [2.05, 4.69) is 16.0 Å². The molecule has 1 saturated heterocycles. The maximum Gasteiger partial charge on any atom is 0.408 e. The summed E-state index contributed by atoms with van der Waals surface area (Å²) in [6, 6.07) is 8.04. The average Bonchev–Trinajstić information content (AvgIpc) is 3.10. The minimum absolute atomic E-state index is 0.104. The number of carbonyl (C=O) groups excluding carboxylic acids is 4. The molecular weight excluding hydrogens is 410 g/mol. The van der Waals surface area contributed by atoms with Gasteiger partial charge < -0.3 is 25.5 Å². The van der Waals surface area contributed by atoms with Crippen LogP contribution >= 0.6 is 0 Å². The van der Waals surface area contributed by atoms with Crippen molar-refractivity contribution in [2.45, 2.75) is 71.1 Å². The van der Waals surface area contributed by atoms with Crippen LogP contribution in [0.5, 0.6) is 0 Å². The SMILES string of the molecule is CC(C)CC(NC(=O)OC(C)(C)Cc1ccccc1)C(=O)NC(C=O)CC1CCNC1=O. The van der Waals surface area contributed by atoms with Crippen molar-refractivity contribution >= 4 is 24.2 Å². The maximum atomic E-state index is 12.9. The van der Waals surface area contributed by atoms with E-state index in [0.717, 1.165) is 5.56 Å². The van der Waals surface area contributed by atoms with Gasteiger partial charge in [0.15, 0.2) is 0 Å². The van der Waals surface area contributed by atoms with Gasteiger partial charge in [-0.05, 0) is 44.6 Å². The molecule has 0 aromatic heterocycles. The molecule has 0 saturated carbocycles. The van der Waals surface area contributed by atoms with Crippen LogP contribution in [0.4, 0.5) is 4.79 Å². The van der Waals surface area contributed by atoms with Crippen LogP contribution in [0.25, 0.3) is 0 Å². The normalized spacial score (nSPS) is 17.9. The van der Waals surface area contributed by atoms with Crippen LogP contribution in [0.2, 0.25) is 0 Å². The van der Waals surface area contributed by atoms with Gasteiger partial charge in [0.1, 0.15) is 17.9 Å².